The van der Waals surface area contributed by atoms with Gasteiger partial charge in [0.1, 0.15) is 0 Å². The molecule has 0 saturated carbocycles. The molecule has 1 aliphatic carbocycles. The Labute approximate surface area is 151 Å². The third-order valence-electron chi connectivity index (χ3n) is 3.26. The van der Waals surface area contributed by atoms with Crippen LogP contribution in [0, 0.1) is 5.41 Å². The Kier molecular flexibility index (Phi) is 9.52. The summed E-state index contributed by atoms with van der Waals surface area (Å²) in [5.41, 5.74) is 0.391. The first-order valence-corrected chi connectivity index (χ1v) is 9.03. The molecule has 0 saturated heterocycles. The van der Waals surface area contributed by atoms with Gasteiger partial charge in [0.25, 0.3) is 0 Å². The zero-order valence-corrected chi connectivity index (χ0v) is 15.3. The van der Waals surface area contributed by atoms with Crippen molar-refractivity contribution in [2.24, 2.45) is 10.6 Å². The van der Waals surface area contributed by atoms with Crippen LogP contribution in [0.4, 0.5) is 3.89 Å². The second kappa shape index (κ2) is 10.5. The molecule has 1 aromatic heterocycles. The van der Waals surface area contributed by atoms with Crippen LogP contribution in [0.5, 0.6) is 0 Å². The number of H-pyrrole nitrogens is 1. The van der Waals surface area contributed by atoms with Gasteiger partial charge in [-0.05, 0) is 31.9 Å². The van der Waals surface area contributed by atoms with Crippen molar-refractivity contribution in [3.8, 4) is 0 Å². The molecule has 1 atom stereocenters. The van der Waals surface area contributed by atoms with Gasteiger partial charge in [-0.2, -0.15) is 8.42 Å². The summed E-state index contributed by atoms with van der Waals surface area (Å²) in [6, 6.07) is 4.15. The van der Waals surface area contributed by atoms with E-state index in [0.29, 0.717) is 0 Å². The van der Waals surface area contributed by atoms with Crippen molar-refractivity contribution >= 4 is 22.3 Å². The number of rotatable bonds is 4. The zero-order valence-electron chi connectivity index (χ0n) is 14.5. The van der Waals surface area contributed by atoms with Crippen LogP contribution in [-0.4, -0.2) is 35.6 Å². The number of nitrogens with two attached hydrogens (primary N) is 1. The van der Waals surface area contributed by atoms with Gasteiger partial charge >= 0.3 is 22.3 Å². The monoisotopic (exact) mass is 390 g/mol. The Morgan fingerprint density at radius 3 is 2.35 bits per heavy atom. The second-order valence-corrected chi connectivity index (χ2v) is 6.63. The Morgan fingerprint density at radius 2 is 1.96 bits per heavy atom. The number of allylic oxidation sites excluding steroid dienone is 2. The van der Waals surface area contributed by atoms with E-state index in [0.717, 1.165) is 0 Å². The fourth-order valence-corrected chi connectivity index (χ4v) is 1.98. The quantitative estimate of drug-likeness (QED) is 0.579. The molecule has 0 aromatic carbocycles. The lowest BCUT2D eigenvalue weighted by atomic mass is 9.80. The fourth-order valence-electron chi connectivity index (χ4n) is 1.98. The molecule has 0 spiro atoms. The Hall–Kier alpha value is -2.46. The molecular formula is C16H23FN2O6S. The summed E-state index contributed by atoms with van der Waals surface area (Å²) < 4.78 is 27.9. The van der Waals surface area contributed by atoms with E-state index in [4.69, 9.17) is 18.6 Å². The number of hydrogen-bond donors (Lipinski definition) is 4. The summed E-state index contributed by atoms with van der Waals surface area (Å²) in [6.45, 7) is 3.68. The first kappa shape index (κ1) is 23.5. The number of carboxylic acid groups (broad SMARTS) is 2. The third-order valence-corrected chi connectivity index (χ3v) is 3.26. The van der Waals surface area contributed by atoms with Gasteiger partial charge < -0.3 is 15.2 Å². The third kappa shape index (κ3) is 10.4. The van der Waals surface area contributed by atoms with E-state index >= 15 is 0 Å². The smallest absolute Gasteiger partial charge is 0.369 e. The minimum absolute atomic E-state index is 0.0359. The number of carboxylic acids is 2. The summed E-state index contributed by atoms with van der Waals surface area (Å²) >= 11 is 0. The Morgan fingerprint density at radius 1 is 1.38 bits per heavy atom. The predicted octanol–water partition coefficient (Wildman–Crippen LogP) is 2.17. The summed E-state index contributed by atoms with van der Waals surface area (Å²) in [7, 11) is -4.67. The van der Waals surface area contributed by atoms with Crippen LogP contribution in [0.1, 0.15) is 32.4 Å². The molecule has 1 aromatic rings. The van der Waals surface area contributed by atoms with Crippen molar-refractivity contribution in [1.29, 1.82) is 0 Å². The van der Waals surface area contributed by atoms with Gasteiger partial charge in [0.15, 0.2) is 0 Å². The number of nitrogens with one attached hydrogen (secondary N) is 1. The first-order valence-electron chi connectivity index (χ1n) is 7.58. The highest BCUT2D eigenvalue weighted by molar-refractivity contribution is 7.84. The summed E-state index contributed by atoms with van der Waals surface area (Å²) in [5.74, 6) is -2.06. The molecule has 26 heavy (non-hydrogen) atoms. The lowest BCUT2D eigenvalue weighted by Gasteiger charge is -2.23. The number of aliphatic carboxylic acids is 2. The minimum Gasteiger partial charge on any atom is -0.481 e. The summed E-state index contributed by atoms with van der Waals surface area (Å²) in [4.78, 5) is 24.5. The summed E-state index contributed by atoms with van der Waals surface area (Å²) in [6.07, 6.45) is 8.79. The van der Waals surface area contributed by atoms with Gasteiger partial charge in [-0.25, -0.2) is 9.93 Å². The molecule has 1 aliphatic rings. The number of aromatic nitrogens is 1. The number of carbonyl (C=O) groups is 2. The molecule has 0 amide bonds. The molecule has 10 heteroatoms. The highest BCUT2D eigenvalue weighted by Gasteiger charge is 2.34. The van der Waals surface area contributed by atoms with E-state index in [1.807, 2.05) is 12.3 Å². The minimum atomic E-state index is -4.67. The maximum absolute atomic E-state index is 10.8. The molecular weight excluding hydrogens is 367 g/mol. The fraction of sp³-hybridized carbons (Fsp3) is 0.375. The van der Waals surface area contributed by atoms with Crippen LogP contribution in [0.3, 0.4) is 0 Å². The van der Waals surface area contributed by atoms with Crippen LogP contribution in [-0.2, 0) is 26.4 Å². The highest BCUT2D eigenvalue weighted by Crippen LogP contribution is 2.31. The topological polar surface area (TPSA) is 151 Å². The van der Waals surface area contributed by atoms with Gasteiger partial charge in [-0.1, -0.05) is 35.5 Å². The molecule has 0 radical (unpaired) electrons. The van der Waals surface area contributed by atoms with E-state index < -0.39 is 27.8 Å². The molecule has 0 fully saturated rings. The normalized spacial score (nSPS) is 18.5. The first-order chi connectivity index (χ1) is 11.9. The van der Waals surface area contributed by atoms with Gasteiger partial charge in [0.2, 0.25) is 0 Å². The molecule has 5 N–H and O–H groups in total. The number of aromatic amines is 1. The van der Waals surface area contributed by atoms with Crippen LogP contribution in [0.25, 0.3) is 0 Å². The van der Waals surface area contributed by atoms with Gasteiger partial charge in [0.05, 0.1) is 5.41 Å². The van der Waals surface area contributed by atoms with Crippen molar-refractivity contribution < 1.29 is 32.1 Å². The number of aryl methyl sites for hydroxylation is 1. The molecule has 1 heterocycles. The lowest BCUT2D eigenvalue weighted by Crippen LogP contribution is -2.28. The van der Waals surface area contributed by atoms with Crippen molar-refractivity contribution in [3.63, 3.8) is 0 Å². The molecule has 0 aliphatic heterocycles. The van der Waals surface area contributed by atoms with Crippen molar-refractivity contribution in [3.05, 3.63) is 47.8 Å². The predicted molar refractivity (Wildman–Crippen MR) is 94.2 cm³/mol. The highest BCUT2D eigenvalue weighted by atomic mass is 32.3. The Balaban J connectivity index is 0.000000409. The zero-order chi connectivity index (χ0) is 20.4. The second-order valence-electron chi connectivity index (χ2n) is 5.68. The van der Waals surface area contributed by atoms with E-state index in [-0.39, 0.29) is 12.0 Å². The average Bonchev–Trinajstić information content (AvgIpc) is 2.99. The average molecular weight is 390 g/mol. The van der Waals surface area contributed by atoms with Crippen LogP contribution in [0.2, 0.25) is 0 Å². The SMILES string of the molecule is CC1(C(=O)O)C=CC=C(C(=O)O)C1.CCCc1ccc[nH]1.NS(=O)(=O)F. The van der Waals surface area contributed by atoms with E-state index in [9.17, 15) is 13.5 Å². The van der Waals surface area contributed by atoms with Crippen LogP contribution >= 0.6 is 0 Å². The van der Waals surface area contributed by atoms with E-state index in [1.54, 1.807) is 0 Å². The number of hydrogen-bond acceptors (Lipinski definition) is 4. The van der Waals surface area contributed by atoms with Gasteiger partial charge in [-0.15, -0.1) is 0 Å². The van der Waals surface area contributed by atoms with Crippen molar-refractivity contribution in [2.75, 3.05) is 0 Å². The standard InChI is InChI=1S/C9H10O4.C7H11N.FH2NO2S/c1-9(8(12)13)4-2-3-6(5-9)7(10)11;1-2-4-7-5-3-6-8-7;1-5(2,3)4/h2-4H,5H2,1H3,(H,10,11)(H,12,13);3,5-6,8H,2,4H2,1H3;(H2,2,3,4). The molecule has 2 rings (SSSR count). The number of halogens is 1. The van der Waals surface area contributed by atoms with Gasteiger partial charge in [-0.3, -0.25) is 4.79 Å². The Bertz CT molecular complexity index is 748. The van der Waals surface area contributed by atoms with Crippen LogP contribution in [0.15, 0.2) is 42.1 Å². The maximum Gasteiger partial charge on any atom is 0.369 e. The van der Waals surface area contributed by atoms with Crippen molar-refractivity contribution in [2.45, 2.75) is 33.1 Å². The largest absolute Gasteiger partial charge is 0.481 e. The summed E-state index contributed by atoms with van der Waals surface area (Å²) in [5, 5.41) is 21.1. The van der Waals surface area contributed by atoms with Crippen LogP contribution < -0.4 is 5.14 Å². The van der Waals surface area contributed by atoms with E-state index in [2.05, 4.69) is 23.1 Å². The van der Waals surface area contributed by atoms with Gasteiger partial charge in [0, 0.05) is 17.5 Å². The molecule has 146 valence electrons. The molecule has 1 unspecified atom stereocenters. The van der Waals surface area contributed by atoms with E-state index in [1.165, 1.54) is 43.7 Å². The lowest BCUT2D eigenvalue weighted by molar-refractivity contribution is -0.145. The maximum atomic E-state index is 10.8. The van der Waals surface area contributed by atoms with Crippen molar-refractivity contribution in [1.82, 2.24) is 4.98 Å². The molecule has 0 bridgehead atoms. The molecule has 8 nitrogen and oxygen atoms in total.